The number of benzene rings is 1. The van der Waals surface area contributed by atoms with Gasteiger partial charge in [-0.25, -0.2) is 4.98 Å². The van der Waals surface area contributed by atoms with E-state index in [2.05, 4.69) is 27.0 Å². The Morgan fingerprint density at radius 1 is 1.32 bits per heavy atom. The molecular formula is C14H13BrN4. The smallest absolute Gasteiger partial charge is 0.153 e. The summed E-state index contributed by atoms with van der Waals surface area (Å²) in [5.74, 6) is 0.627. The fraction of sp³-hybridized carbons (Fsp3) is 0.143. The fourth-order valence-corrected chi connectivity index (χ4v) is 2.07. The van der Waals surface area contributed by atoms with Gasteiger partial charge in [0.25, 0.3) is 0 Å². The summed E-state index contributed by atoms with van der Waals surface area (Å²) in [6.07, 6.45) is 1.60. The number of pyridine rings is 1. The first-order valence-electron chi connectivity index (χ1n) is 5.72. The molecule has 2 rings (SSSR count). The van der Waals surface area contributed by atoms with Crippen LogP contribution in [0.5, 0.6) is 0 Å². The second kappa shape index (κ2) is 5.72. The molecule has 0 aliphatic carbocycles. The van der Waals surface area contributed by atoms with Crippen LogP contribution in [0.2, 0.25) is 0 Å². The Morgan fingerprint density at radius 3 is 2.63 bits per heavy atom. The second-order valence-electron chi connectivity index (χ2n) is 4.19. The molecule has 19 heavy (non-hydrogen) atoms. The SMILES string of the molecule is CN(Cc1ccc(Br)cc1)c1nccc(C#N)c1N. The van der Waals surface area contributed by atoms with Crippen molar-refractivity contribution in [3.63, 3.8) is 0 Å². The van der Waals surface area contributed by atoms with Crippen LogP contribution in [0, 0.1) is 11.3 Å². The Hall–Kier alpha value is -2.06. The summed E-state index contributed by atoms with van der Waals surface area (Å²) in [5.41, 5.74) is 7.96. The second-order valence-corrected chi connectivity index (χ2v) is 5.11. The fourth-order valence-electron chi connectivity index (χ4n) is 1.80. The number of hydrogen-bond acceptors (Lipinski definition) is 4. The molecule has 0 fully saturated rings. The number of aromatic nitrogens is 1. The maximum atomic E-state index is 8.96. The Labute approximate surface area is 120 Å². The van der Waals surface area contributed by atoms with Crippen LogP contribution in [-0.2, 0) is 6.54 Å². The predicted molar refractivity (Wildman–Crippen MR) is 79.6 cm³/mol. The van der Waals surface area contributed by atoms with E-state index in [4.69, 9.17) is 11.0 Å². The van der Waals surface area contributed by atoms with Crippen LogP contribution in [-0.4, -0.2) is 12.0 Å². The van der Waals surface area contributed by atoms with Gasteiger partial charge < -0.3 is 10.6 Å². The van der Waals surface area contributed by atoms with E-state index in [1.807, 2.05) is 36.2 Å². The van der Waals surface area contributed by atoms with E-state index in [-0.39, 0.29) is 0 Å². The third-order valence-corrected chi connectivity index (χ3v) is 3.31. The highest BCUT2D eigenvalue weighted by Gasteiger charge is 2.10. The van der Waals surface area contributed by atoms with Crippen LogP contribution < -0.4 is 10.6 Å². The molecule has 0 atom stereocenters. The van der Waals surface area contributed by atoms with Crippen molar-refractivity contribution < 1.29 is 0 Å². The van der Waals surface area contributed by atoms with Gasteiger partial charge in [-0.3, -0.25) is 0 Å². The summed E-state index contributed by atoms with van der Waals surface area (Å²) in [4.78, 5) is 6.17. The Morgan fingerprint density at radius 2 is 2.00 bits per heavy atom. The van der Waals surface area contributed by atoms with Crippen LogP contribution in [0.3, 0.4) is 0 Å². The number of nitriles is 1. The molecule has 1 aromatic heterocycles. The summed E-state index contributed by atoms with van der Waals surface area (Å²) in [5, 5.41) is 8.96. The van der Waals surface area contributed by atoms with Crippen LogP contribution in [0.15, 0.2) is 41.0 Å². The molecule has 0 aliphatic rings. The molecule has 0 radical (unpaired) electrons. The van der Waals surface area contributed by atoms with E-state index in [1.165, 1.54) is 0 Å². The maximum Gasteiger partial charge on any atom is 0.153 e. The molecule has 0 amide bonds. The average Bonchev–Trinajstić information content (AvgIpc) is 2.41. The minimum atomic E-state index is 0.421. The molecule has 0 unspecified atom stereocenters. The summed E-state index contributed by atoms with van der Waals surface area (Å²) >= 11 is 3.41. The molecule has 1 heterocycles. The first kappa shape index (κ1) is 13.4. The van der Waals surface area contributed by atoms with E-state index in [1.54, 1.807) is 12.3 Å². The molecule has 0 bridgehead atoms. The molecule has 2 aromatic rings. The Balaban J connectivity index is 2.23. The molecule has 1 aromatic carbocycles. The van der Waals surface area contributed by atoms with E-state index in [9.17, 15) is 0 Å². The van der Waals surface area contributed by atoms with E-state index in [0.29, 0.717) is 23.6 Å². The van der Waals surface area contributed by atoms with E-state index < -0.39 is 0 Å². The normalized spacial score (nSPS) is 9.95. The van der Waals surface area contributed by atoms with Crippen molar-refractivity contribution >= 4 is 27.4 Å². The third kappa shape index (κ3) is 3.04. The Kier molecular flexibility index (Phi) is 4.03. The van der Waals surface area contributed by atoms with Crippen molar-refractivity contribution in [2.75, 3.05) is 17.7 Å². The van der Waals surface area contributed by atoms with Gasteiger partial charge >= 0.3 is 0 Å². The molecule has 4 nitrogen and oxygen atoms in total. The van der Waals surface area contributed by atoms with E-state index >= 15 is 0 Å². The van der Waals surface area contributed by atoms with Gasteiger partial charge in [-0.15, -0.1) is 0 Å². The van der Waals surface area contributed by atoms with Crippen molar-refractivity contribution in [3.8, 4) is 6.07 Å². The lowest BCUT2D eigenvalue weighted by molar-refractivity contribution is 0.899. The molecule has 0 aliphatic heterocycles. The first-order valence-corrected chi connectivity index (χ1v) is 6.51. The number of nitrogen functional groups attached to an aromatic ring is 1. The number of hydrogen-bond donors (Lipinski definition) is 1. The van der Waals surface area contributed by atoms with Crippen molar-refractivity contribution in [3.05, 3.63) is 52.1 Å². The van der Waals surface area contributed by atoms with Gasteiger partial charge in [0.1, 0.15) is 6.07 Å². The van der Waals surface area contributed by atoms with Gasteiger partial charge in [0.15, 0.2) is 5.82 Å². The lowest BCUT2D eigenvalue weighted by Crippen LogP contribution is -2.19. The number of anilines is 2. The standard InChI is InChI=1S/C14H13BrN4/c1-19(9-10-2-4-12(15)5-3-10)14-13(17)11(8-16)6-7-18-14/h2-7H,9,17H2,1H3. The first-order chi connectivity index (χ1) is 9.11. The summed E-state index contributed by atoms with van der Waals surface area (Å²) < 4.78 is 1.04. The number of rotatable bonds is 3. The van der Waals surface area contributed by atoms with Crippen LogP contribution >= 0.6 is 15.9 Å². The number of halogens is 1. The van der Waals surface area contributed by atoms with E-state index in [0.717, 1.165) is 10.0 Å². The van der Waals surface area contributed by atoms with Crippen molar-refractivity contribution in [2.24, 2.45) is 0 Å². The largest absolute Gasteiger partial charge is 0.395 e. The Bertz CT molecular complexity index is 616. The maximum absolute atomic E-state index is 8.96. The number of nitrogens with zero attached hydrogens (tertiary/aromatic N) is 3. The van der Waals surface area contributed by atoms with Crippen molar-refractivity contribution in [2.45, 2.75) is 6.54 Å². The molecule has 0 spiro atoms. The summed E-state index contributed by atoms with van der Waals surface area (Å²) in [6, 6.07) is 11.7. The summed E-state index contributed by atoms with van der Waals surface area (Å²) in [6.45, 7) is 0.680. The molecule has 5 heteroatoms. The zero-order chi connectivity index (χ0) is 13.8. The van der Waals surface area contributed by atoms with Gasteiger partial charge in [0.05, 0.1) is 11.3 Å². The van der Waals surface area contributed by atoms with Crippen LogP contribution in [0.4, 0.5) is 11.5 Å². The average molecular weight is 317 g/mol. The molecule has 96 valence electrons. The minimum absolute atomic E-state index is 0.421. The quantitative estimate of drug-likeness (QED) is 0.945. The molecule has 2 N–H and O–H groups in total. The molecular weight excluding hydrogens is 304 g/mol. The lowest BCUT2D eigenvalue weighted by atomic mass is 10.2. The highest BCUT2D eigenvalue weighted by molar-refractivity contribution is 9.10. The lowest BCUT2D eigenvalue weighted by Gasteiger charge is -2.20. The van der Waals surface area contributed by atoms with Crippen LogP contribution in [0.1, 0.15) is 11.1 Å². The van der Waals surface area contributed by atoms with Gasteiger partial charge in [-0.1, -0.05) is 28.1 Å². The third-order valence-electron chi connectivity index (χ3n) is 2.78. The van der Waals surface area contributed by atoms with Crippen molar-refractivity contribution in [1.82, 2.24) is 4.98 Å². The molecule has 0 saturated carbocycles. The number of nitrogens with two attached hydrogens (primary N) is 1. The zero-order valence-electron chi connectivity index (χ0n) is 10.5. The van der Waals surface area contributed by atoms with Crippen molar-refractivity contribution in [1.29, 1.82) is 5.26 Å². The zero-order valence-corrected chi connectivity index (χ0v) is 12.1. The van der Waals surface area contributed by atoms with Crippen LogP contribution in [0.25, 0.3) is 0 Å². The highest BCUT2D eigenvalue weighted by Crippen LogP contribution is 2.24. The van der Waals surface area contributed by atoms with Gasteiger partial charge in [0, 0.05) is 24.3 Å². The van der Waals surface area contributed by atoms with Gasteiger partial charge in [0.2, 0.25) is 0 Å². The summed E-state index contributed by atoms with van der Waals surface area (Å²) in [7, 11) is 1.90. The highest BCUT2D eigenvalue weighted by atomic mass is 79.9. The minimum Gasteiger partial charge on any atom is -0.395 e. The predicted octanol–water partition coefficient (Wildman–Crippen LogP) is 2.93. The molecule has 0 saturated heterocycles. The van der Waals surface area contributed by atoms with Gasteiger partial charge in [-0.2, -0.15) is 5.26 Å². The van der Waals surface area contributed by atoms with Gasteiger partial charge in [-0.05, 0) is 23.8 Å². The monoisotopic (exact) mass is 316 g/mol. The topological polar surface area (TPSA) is 65.9 Å².